The molecule has 1 saturated heterocycles. The number of ether oxygens (including phenoxy) is 3. The number of carbonyl (C=O) groups is 1. The third kappa shape index (κ3) is 5.57. The predicted octanol–water partition coefficient (Wildman–Crippen LogP) is 4.13. The first kappa shape index (κ1) is 23.4. The fourth-order valence-corrected chi connectivity index (χ4v) is 4.07. The number of carbonyl (C=O) groups excluding carboxylic acids is 1. The molecule has 0 aliphatic carbocycles. The van der Waals surface area contributed by atoms with Gasteiger partial charge in [0.15, 0.2) is 5.82 Å². The summed E-state index contributed by atoms with van der Waals surface area (Å²) in [6.45, 7) is 3.73. The third-order valence-corrected chi connectivity index (χ3v) is 5.92. The van der Waals surface area contributed by atoms with Crippen LogP contribution in [-0.2, 0) is 11.3 Å². The van der Waals surface area contributed by atoms with Gasteiger partial charge in [0.25, 0.3) is 5.88 Å². The van der Waals surface area contributed by atoms with Gasteiger partial charge in [-0.25, -0.2) is 9.97 Å². The Balaban J connectivity index is 1.43. The van der Waals surface area contributed by atoms with Crippen LogP contribution >= 0.6 is 0 Å². The van der Waals surface area contributed by atoms with Crippen molar-refractivity contribution < 1.29 is 19.0 Å². The Bertz CT molecular complexity index is 1120. The number of hydrogen-bond acceptors (Lipinski definition) is 7. The summed E-state index contributed by atoms with van der Waals surface area (Å²) in [5.41, 5.74) is 1.93. The summed E-state index contributed by atoms with van der Waals surface area (Å²) in [6.07, 6.45) is 4.97. The second-order valence-corrected chi connectivity index (χ2v) is 8.28. The van der Waals surface area contributed by atoms with Gasteiger partial charge in [-0.3, -0.25) is 4.79 Å². The van der Waals surface area contributed by atoms with Gasteiger partial charge in [0.1, 0.15) is 17.2 Å². The molecule has 0 saturated carbocycles. The zero-order chi connectivity index (χ0) is 23.9. The molecule has 3 aromatic rings. The van der Waals surface area contributed by atoms with E-state index in [9.17, 15) is 4.79 Å². The van der Waals surface area contributed by atoms with Crippen molar-refractivity contribution in [3.63, 3.8) is 0 Å². The molecule has 4 rings (SSSR count). The number of anilines is 1. The van der Waals surface area contributed by atoms with Gasteiger partial charge in [-0.2, -0.15) is 0 Å². The first-order chi connectivity index (χ1) is 16.6. The molecule has 1 N–H and O–H groups in total. The van der Waals surface area contributed by atoms with Crippen LogP contribution < -0.4 is 24.4 Å². The lowest BCUT2D eigenvalue weighted by atomic mass is 9.97. The number of benzene rings is 2. The van der Waals surface area contributed by atoms with Crippen LogP contribution in [0.1, 0.15) is 24.0 Å². The highest BCUT2D eigenvalue weighted by atomic mass is 16.5. The molecule has 0 spiro atoms. The van der Waals surface area contributed by atoms with Gasteiger partial charge in [0.05, 0.1) is 20.1 Å². The van der Waals surface area contributed by atoms with Crippen molar-refractivity contribution in [2.24, 2.45) is 5.92 Å². The fraction of sp³-hybridized carbons (Fsp3) is 0.346. The van der Waals surface area contributed by atoms with E-state index in [1.807, 2.05) is 49.4 Å². The summed E-state index contributed by atoms with van der Waals surface area (Å²) in [4.78, 5) is 24.0. The molecular weight excluding hydrogens is 432 g/mol. The number of methoxy groups -OCH3 is 2. The number of aryl methyl sites for hydroxylation is 1. The Kier molecular flexibility index (Phi) is 7.47. The Morgan fingerprint density at radius 3 is 2.56 bits per heavy atom. The molecule has 1 aromatic heterocycles. The highest BCUT2D eigenvalue weighted by molar-refractivity contribution is 5.79. The van der Waals surface area contributed by atoms with Crippen LogP contribution in [0, 0.1) is 12.8 Å². The summed E-state index contributed by atoms with van der Waals surface area (Å²) in [6, 6.07) is 13.4. The van der Waals surface area contributed by atoms with Gasteiger partial charge in [-0.05, 0) is 49.1 Å². The molecule has 1 aliphatic rings. The van der Waals surface area contributed by atoms with Crippen LogP contribution in [0.15, 0.2) is 54.9 Å². The predicted molar refractivity (Wildman–Crippen MR) is 130 cm³/mol. The van der Waals surface area contributed by atoms with E-state index < -0.39 is 0 Å². The van der Waals surface area contributed by atoms with Crippen molar-refractivity contribution in [1.29, 1.82) is 0 Å². The van der Waals surface area contributed by atoms with E-state index in [0.29, 0.717) is 36.3 Å². The number of aromatic nitrogens is 2. The van der Waals surface area contributed by atoms with E-state index in [4.69, 9.17) is 14.2 Å². The van der Waals surface area contributed by atoms with Gasteiger partial charge in [0.2, 0.25) is 5.91 Å². The van der Waals surface area contributed by atoms with Gasteiger partial charge in [0, 0.05) is 38.1 Å². The summed E-state index contributed by atoms with van der Waals surface area (Å²) in [5.74, 6) is 3.07. The smallest absolute Gasteiger partial charge is 0.263 e. The van der Waals surface area contributed by atoms with Crippen molar-refractivity contribution in [2.75, 3.05) is 32.2 Å². The van der Waals surface area contributed by atoms with Gasteiger partial charge in [-0.15, -0.1) is 0 Å². The number of rotatable bonds is 8. The lowest BCUT2D eigenvalue weighted by Gasteiger charge is -2.33. The van der Waals surface area contributed by atoms with Crippen LogP contribution in [0.3, 0.4) is 0 Å². The maximum atomic E-state index is 13.0. The van der Waals surface area contributed by atoms with Crippen LogP contribution in [0.25, 0.3) is 0 Å². The molecule has 0 unspecified atom stereocenters. The lowest BCUT2D eigenvalue weighted by molar-refractivity contribution is -0.125. The molecule has 0 radical (unpaired) electrons. The Labute approximate surface area is 199 Å². The number of piperidine rings is 1. The molecule has 8 nitrogen and oxygen atoms in total. The molecular formula is C26H30N4O4. The van der Waals surface area contributed by atoms with E-state index in [0.717, 1.165) is 36.3 Å². The van der Waals surface area contributed by atoms with E-state index in [1.165, 1.54) is 0 Å². The minimum atomic E-state index is -0.158. The lowest BCUT2D eigenvalue weighted by Crippen LogP contribution is -2.43. The molecule has 2 aromatic carbocycles. The highest BCUT2D eigenvalue weighted by Gasteiger charge is 2.28. The second kappa shape index (κ2) is 10.9. The molecule has 34 heavy (non-hydrogen) atoms. The van der Waals surface area contributed by atoms with Crippen molar-refractivity contribution in [1.82, 2.24) is 15.3 Å². The van der Waals surface area contributed by atoms with Crippen LogP contribution in [-0.4, -0.2) is 43.2 Å². The zero-order valence-electron chi connectivity index (χ0n) is 19.8. The molecule has 1 aliphatic heterocycles. The average molecular weight is 463 g/mol. The number of nitrogens with one attached hydrogen (secondary N) is 1. The minimum absolute atomic E-state index is 0.0109. The molecule has 1 atom stereocenters. The summed E-state index contributed by atoms with van der Waals surface area (Å²) in [5, 5.41) is 3.06. The molecule has 1 fully saturated rings. The second-order valence-electron chi connectivity index (χ2n) is 8.28. The van der Waals surface area contributed by atoms with Crippen LogP contribution in [0.2, 0.25) is 0 Å². The Morgan fingerprint density at radius 1 is 1.09 bits per heavy atom. The number of hydrogen-bond donors (Lipinski definition) is 1. The average Bonchev–Trinajstić information content (AvgIpc) is 2.88. The monoisotopic (exact) mass is 462 g/mol. The van der Waals surface area contributed by atoms with E-state index in [2.05, 4.69) is 20.2 Å². The maximum absolute atomic E-state index is 13.0. The van der Waals surface area contributed by atoms with Gasteiger partial charge < -0.3 is 24.4 Å². The van der Waals surface area contributed by atoms with Crippen LogP contribution in [0.4, 0.5) is 5.82 Å². The summed E-state index contributed by atoms with van der Waals surface area (Å²) >= 11 is 0. The normalized spacial score (nSPS) is 15.5. The first-order valence-corrected chi connectivity index (χ1v) is 11.4. The van der Waals surface area contributed by atoms with Gasteiger partial charge >= 0.3 is 0 Å². The first-order valence-electron chi connectivity index (χ1n) is 11.4. The number of nitrogens with zero attached hydrogens (tertiary/aromatic N) is 3. The van der Waals surface area contributed by atoms with Crippen molar-refractivity contribution in [3.8, 4) is 23.1 Å². The molecule has 0 bridgehead atoms. The molecule has 178 valence electrons. The standard InChI is InChI=1S/C26H30N4O4/c1-18-7-4-5-9-23(18)34-26-24(27-10-11-28-26)30-12-6-8-20(17-30)25(31)29-16-19-13-21(32-2)15-22(14-19)33-3/h4-5,7,9-11,13-15,20H,6,8,12,16-17H2,1-3H3,(H,29,31)/t20-/m1/s1. The maximum Gasteiger partial charge on any atom is 0.263 e. The highest BCUT2D eigenvalue weighted by Crippen LogP contribution is 2.32. The Morgan fingerprint density at radius 2 is 1.82 bits per heavy atom. The quantitative estimate of drug-likeness (QED) is 0.539. The summed E-state index contributed by atoms with van der Waals surface area (Å²) < 4.78 is 16.7. The molecule has 8 heteroatoms. The van der Waals surface area contributed by atoms with Crippen molar-refractivity contribution >= 4 is 11.7 Å². The minimum Gasteiger partial charge on any atom is -0.497 e. The number of para-hydroxylation sites is 1. The topological polar surface area (TPSA) is 85.8 Å². The number of amides is 1. The van der Waals surface area contributed by atoms with E-state index in [-0.39, 0.29) is 11.8 Å². The van der Waals surface area contributed by atoms with E-state index >= 15 is 0 Å². The Hall–Kier alpha value is -3.81. The largest absolute Gasteiger partial charge is 0.497 e. The van der Waals surface area contributed by atoms with Crippen molar-refractivity contribution in [3.05, 3.63) is 66.0 Å². The van der Waals surface area contributed by atoms with Crippen LogP contribution in [0.5, 0.6) is 23.1 Å². The van der Waals surface area contributed by atoms with Gasteiger partial charge in [-0.1, -0.05) is 18.2 Å². The molecule has 2 heterocycles. The summed E-state index contributed by atoms with van der Waals surface area (Å²) in [7, 11) is 3.22. The third-order valence-electron chi connectivity index (χ3n) is 5.92. The van der Waals surface area contributed by atoms with Crippen molar-refractivity contribution in [2.45, 2.75) is 26.3 Å². The van der Waals surface area contributed by atoms with E-state index in [1.54, 1.807) is 26.6 Å². The zero-order valence-corrected chi connectivity index (χ0v) is 19.8. The molecule has 1 amide bonds. The fourth-order valence-electron chi connectivity index (χ4n) is 4.07. The SMILES string of the molecule is COc1cc(CNC(=O)[C@@H]2CCCN(c3nccnc3Oc3ccccc3C)C2)cc(OC)c1.